The SMILES string of the molecule is CC[C@H](CNC(=O)[C@H]1CCCN1S(=O)(=O)c1ccc(F)cc1)c1ccccc1. The molecule has 2 aromatic carbocycles. The molecular formula is C21H25FN2O3S. The number of halogens is 1. The Labute approximate surface area is 165 Å². The molecule has 5 nitrogen and oxygen atoms in total. The zero-order chi connectivity index (χ0) is 20.1. The summed E-state index contributed by atoms with van der Waals surface area (Å²) in [4.78, 5) is 12.8. The fourth-order valence-electron chi connectivity index (χ4n) is 3.60. The van der Waals surface area contributed by atoms with Crippen molar-refractivity contribution >= 4 is 15.9 Å². The van der Waals surface area contributed by atoms with Gasteiger partial charge in [-0.1, -0.05) is 37.3 Å². The van der Waals surface area contributed by atoms with Gasteiger partial charge in [0.25, 0.3) is 0 Å². The number of hydrogen-bond acceptors (Lipinski definition) is 3. The highest BCUT2D eigenvalue weighted by molar-refractivity contribution is 7.89. The number of amides is 1. The van der Waals surface area contributed by atoms with E-state index >= 15 is 0 Å². The summed E-state index contributed by atoms with van der Waals surface area (Å²) in [5.74, 6) is -0.604. The molecule has 1 fully saturated rings. The summed E-state index contributed by atoms with van der Waals surface area (Å²) in [6.45, 7) is 2.80. The highest BCUT2D eigenvalue weighted by Gasteiger charge is 2.39. The molecule has 0 bridgehead atoms. The van der Waals surface area contributed by atoms with Gasteiger partial charge in [-0.2, -0.15) is 4.31 Å². The minimum Gasteiger partial charge on any atom is -0.354 e. The van der Waals surface area contributed by atoms with Crippen LogP contribution in [-0.2, 0) is 14.8 Å². The van der Waals surface area contributed by atoms with Crippen LogP contribution in [0.4, 0.5) is 4.39 Å². The van der Waals surface area contributed by atoms with Crippen LogP contribution >= 0.6 is 0 Å². The predicted octanol–water partition coefficient (Wildman–Crippen LogP) is 3.29. The first-order valence-corrected chi connectivity index (χ1v) is 11.0. The van der Waals surface area contributed by atoms with Gasteiger partial charge in [0.05, 0.1) is 4.90 Å². The molecule has 2 aromatic rings. The van der Waals surface area contributed by atoms with E-state index in [2.05, 4.69) is 12.2 Å². The molecule has 1 saturated heterocycles. The average Bonchev–Trinajstić information content (AvgIpc) is 3.20. The smallest absolute Gasteiger partial charge is 0.243 e. The van der Waals surface area contributed by atoms with Gasteiger partial charge in [-0.15, -0.1) is 0 Å². The molecule has 0 spiro atoms. The maximum atomic E-state index is 13.1. The van der Waals surface area contributed by atoms with Gasteiger partial charge in [0.15, 0.2) is 0 Å². The third-order valence-corrected chi connectivity index (χ3v) is 7.14. The van der Waals surface area contributed by atoms with E-state index in [0.717, 1.165) is 24.1 Å². The van der Waals surface area contributed by atoms with E-state index in [0.29, 0.717) is 19.4 Å². The van der Waals surface area contributed by atoms with Crippen LogP contribution in [0.2, 0.25) is 0 Å². The Bertz CT molecular complexity index is 901. The van der Waals surface area contributed by atoms with Gasteiger partial charge in [-0.25, -0.2) is 12.8 Å². The lowest BCUT2D eigenvalue weighted by Crippen LogP contribution is -2.46. The molecule has 150 valence electrons. The number of nitrogens with zero attached hydrogens (tertiary/aromatic N) is 1. The van der Waals surface area contributed by atoms with Gasteiger partial charge in [0, 0.05) is 19.0 Å². The van der Waals surface area contributed by atoms with E-state index in [-0.39, 0.29) is 23.3 Å². The summed E-state index contributed by atoms with van der Waals surface area (Å²) in [6, 6.07) is 13.9. The molecule has 0 aromatic heterocycles. The summed E-state index contributed by atoms with van der Waals surface area (Å²) < 4.78 is 40.2. The van der Waals surface area contributed by atoms with E-state index in [1.807, 2.05) is 30.3 Å². The van der Waals surface area contributed by atoms with Crippen LogP contribution in [0.15, 0.2) is 59.5 Å². The number of nitrogens with one attached hydrogen (secondary N) is 1. The Morgan fingerprint density at radius 2 is 1.86 bits per heavy atom. The lowest BCUT2D eigenvalue weighted by molar-refractivity contribution is -0.124. The summed E-state index contributed by atoms with van der Waals surface area (Å²) >= 11 is 0. The highest BCUT2D eigenvalue weighted by atomic mass is 32.2. The third-order valence-electron chi connectivity index (χ3n) is 5.21. The van der Waals surface area contributed by atoms with E-state index in [1.165, 1.54) is 16.4 Å². The van der Waals surface area contributed by atoms with Crippen LogP contribution in [0.1, 0.15) is 37.7 Å². The third kappa shape index (κ3) is 4.42. The molecule has 1 aliphatic rings. The monoisotopic (exact) mass is 404 g/mol. The molecule has 3 rings (SSSR count). The number of sulfonamides is 1. The first kappa shape index (κ1) is 20.5. The fraction of sp³-hybridized carbons (Fsp3) is 0.381. The van der Waals surface area contributed by atoms with Crippen molar-refractivity contribution in [1.82, 2.24) is 9.62 Å². The average molecular weight is 405 g/mol. The first-order chi connectivity index (χ1) is 13.4. The van der Waals surface area contributed by atoms with E-state index < -0.39 is 21.9 Å². The van der Waals surface area contributed by atoms with Crippen LogP contribution in [0, 0.1) is 5.82 Å². The van der Waals surface area contributed by atoms with Crippen molar-refractivity contribution < 1.29 is 17.6 Å². The van der Waals surface area contributed by atoms with Gasteiger partial charge in [0.1, 0.15) is 11.9 Å². The van der Waals surface area contributed by atoms with E-state index in [1.54, 1.807) is 0 Å². The maximum Gasteiger partial charge on any atom is 0.243 e. The van der Waals surface area contributed by atoms with Gasteiger partial charge in [0.2, 0.25) is 15.9 Å². The summed E-state index contributed by atoms with van der Waals surface area (Å²) in [7, 11) is -3.84. The number of carbonyl (C=O) groups excluding carboxylic acids is 1. The minimum atomic E-state index is -3.84. The molecule has 1 aliphatic heterocycles. The molecule has 1 N–H and O–H groups in total. The molecule has 0 unspecified atom stereocenters. The molecule has 0 aliphatic carbocycles. The van der Waals surface area contributed by atoms with E-state index in [4.69, 9.17) is 0 Å². The zero-order valence-electron chi connectivity index (χ0n) is 15.8. The van der Waals surface area contributed by atoms with Crippen molar-refractivity contribution in [2.24, 2.45) is 0 Å². The van der Waals surface area contributed by atoms with Crippen LogP contribution in [0.3, 0.4) is 0 Å². The Balaban J connectivity index is 1.70. The van der Waals surface area contributed by atoms with Crippen LogP contribution in [-0.4, -0.2) is 37.8 Å². The zero-order valence-corrected chi connectivity index (χ0v) is 16.7. The summed E-state index contributed by atoms with van der Waals surface area (Å²) in [5, 5.41) is 2.93. The Morgan fingerprint density at radius 3 is 2.50 bits per heavy atom. The normalized spacial score (nSPS) is 18.7. The molecule has 28 heavy (non-hydrogen) atoms. The highest BCUT2D eigenvalue weighted by Crippen LogP contribution is 2.27. The summed E-state index contributed by atoms with van der Waals surface area (Å²) in [6.07, 6.45) is 1.97. The van der Waals surface area contributed by atoms with Gasteiger partial charge in [-0.3, -0.25) is 4.79 Å². The van der Waals surface area contributed by atoms with Crippen molar-refractivity contribution in [3.05, 3.63) is 66.0 Å². The van der Waals surface area contributed by atoms with Crippen molar-refractivity contribution in [2.75, 3.05) is 13.1 Å². The topological polar surface area (TPSA) is 66.5 Å². The molecule has 1 amide bonds. The maximum absolute atomic E-state index is 13.1. The van der Waals surface area contributed by atoms with Crippen molar-refractivity contribution in [1.29, 1.82) is 0 Å². The molecule has 0 saturated carbocycles. The lowest BCUT2D eigenvalue weighted by Gasteiger charge is -2.24. The first-order valence-electron chi connectivity index (χ1n) is 9.53. The molecule has 1 heterocycles. The Kier molecular flexibility index (Phi) is 6.46. The second kappa shape index (κ2) is 8.84. The Morgan fingerprint density at radius 1 is 1.18 bits per heavy atom. The van der Waals surface area contributed by atoms with Crippen LogP contribution in [0.5, 0.6) is 0 Å². The fourth-order valence-corrected chi connectivity index (χ4v) is 5.25. The summed E-state index contributed by atoms with van der Waals surface area (Å²) in [5.41, 5.74) is 1.15. The van der Waals surface area contributed by atoms with Crippen LogP contribution in [0.25, 0.3) is 0 Å². The van der Waals surface area contributed by atoms with Crippen LogP contribution < -0.4 is 5.32 Å². The predicted molar refractivity (Wildman–Crippen MR) is 106 cm³/mol. The second-order valence-electron chi connectivity index (χ2n) is 6.99. The van der Waals surface area contributed by atoms with Gasteiger partial charge < -0.3 is 5.32 Å². The Hall–Kier alpha value is -2.25. The largest absolute Gasteiger partial charge is 0.354 e. The van der Waals surface area contributed by atoms with E-state index in [9.17, 15) is 17.6 Å². The quantitative estimate of drug-likeness (QED) is 0.770. The van der Waals surface area contributed by atoms with Gasteiger partial charge >= 0.3 is 0 Å². The standard InChI is InChI=1S/C21H25FN2O3S/c1-2-16(17-7-4-3-5-8-17)15-23-21(25)20-9-6-14-24(20)28(26,27)19-12-10-18(22)11-13-19/h3-5,7-8,10-13,16,20H,2,6,9,14-15H2,1H3,(H,23,25)/t16-,20-/m1/s1. The second-order valence-corrected chi connectivity index (χ2v) is 8.88. The number of benzene rings is 2. The number of carbonyl (C=O) groups is 1. The number of hydrogen-bond donors (Lipinski definition) is 1. The van der Waals surface area contributed by atoms with Gasteiger partial charge in [-0.05, 0) is 49.1 Å². The molecule has 7 heteroatoms. The molecule has 0 radical (unpaired) electrons. The number of rotatable bonds is 7. The lowest BCUT2D eigenvalue weighted by atomic mass is 9.96. The molecule has 2 atom stereocenters. The van der Waals surface area contributed by atoms with Crippen molar-refractivity contribution in [3.8, 4) is 0 Å². The minimum absolute atomic E-state index is 0.00400. The van der Waals surface area contributed by atoms with Crippen molar-refractivity contribution in [3.63, 3.8) is 0 Å². The van der Waals surface area contributed by atoms with Crippen molar-refractivity contribution in [2.45, 2.75) is 43.0 Å². The molecular weight excluding hydrogens is 379 g/mol.